The second kappa shape index (κ2) is 16.0. The van der Waals surface area contributed by atoms with Crippen LogP contribution in [0.4, 0.5) is 0 Å². The van der Waals surface area contributed by atoms with Gasteiger partial charge in [-0.1, -0.05) is 41.9 Å². The summed E-state index contributed by atoms with van der Waals surface area (Å²) in [5.41, 5.74) is 11.5. The highest BCUT2D eigenvalue weighted by Gasteiger charge is 2.57. The maximum Gasteiger partial charge on any atom is 0.353 e. The maximum absolute atomic E-state index is 12.3. The van der Waals surface area contributed by atoms with Crippen molar-refractivity contribution in [2.75, 3.05) is 12.3 Å². The Balaban J connectivity index is 0.000000312. The molecule has 6 atom stereocenters. The number of nitrogens with zero attached hydrogens (tertiary/aromatic N) is 3. The molecule has 1 aromatic rings. The number of nitrogens with one attached hydrogen (secondary N) is 1. The summed E-state index contributed by atoms with van der Waals surface area (Å²) in [5.74, 6) is -3.50. The van der Waals surface area contributed by atoms with E-state index in [0.29, 0.717) is 42.0 Å². The summed E-state index contributed by atoms with van der Waals surface area (Å²) in [5, 5.41) is 30.9. The van der Waals surface area contributed by atoms with Gasteiger partial charge in [0, 0.05) is 22.1 Å². The molecular weight excluding hydrogens is 648 g/mol. The van der Waals surface area contributed by atoms with Crippen LogP contribution in [-0.2, 0) is 24.0 Å². The van der Waals surface area contributed by atoms with Crippen molar-refractivity contribution in [3.63, 3.8) is 0 Å². The molecule has 0 aromatic heterocycles. The molecule has 3 amide bonds. The monoisotopic (exact) mass is 684 g/mol. The number of aliphatic hydroxyl groups excluding tert-OH is 1. The van der Waals surface area contributed by atoms with Gasteiger partial charge in [-0.2, -0.15) is 0 Å². The molecule has 2 fully saturated rings. The zero-order chi connectivity index (χ0) is 32.3. The van der Waals surface area contributed by atoms with E-state index in [4.69, 9.17) is 23.1 Å². The van der Waals surface area contributed by atoms with Crippen molar-refractivity contribution in [3.8, 4) is 0 Å². The number of nitrogens with two attached hydrogens (primary N) is 2. The summed E-state index contributed by atoms with van der Waals surface area (Å²) >= 11 is 7.30. The van der Waals surface area contributed by atoms with Crippen molar-refractivity contribution in [1.82, 2.24) is 15.1 Å². The molecular formula is C28H37ClN6O10S. The molecule has 5 rings (SSSR count). The number of aliphatic hydroxyl groups is 1. The van der Waals surface area contributed by atoms with E-state index in [9.17, 15) is 39.3 Å². The van der Waals surface area contributed by atoms with E-state index in [1.807, 2.05) is 6.07 Å². The van der Waals surface area contributed by atoms with Crippen LogP contribution < -0.4 is 16.8 Å². The largest absolute Gasteiger partial charge is 0.477 e. The summed E-state index contributed by atoms with van der Waals surface area (Å²) in [6.45, 7) is 2.05. The lowest BCUT2D eigenvalue weighted by atomic mass is 9.83. The second-order valence-electron chi connectivity index (χ2n) is 10.5. The maximum atomic E-state index is 12.3. The van der Waals surface area contributed by atoms with Crippen LogP contribution in [-0.4, -0.2) is 109 Å². The molecule has 0 spiro atoms. The first-order chi connectivity index (χ1) is 20.9. The fourth-order valence-corrected chi connectivity index (χ4v) is 7.06. The number of amides is 3. The van der Waals surface area contributed by atoms with Gasteiger partial charge in [-0.15, -0.1) is 11.8 Å². The lowest BCUT2D eigenvalue weighted by Gasteiger charge is -2.49. The van der Waals surface area contributed by atoms with Gasteiger partial charge >= 0.3 is 11.9 Å². The average molecular weight is 685 g/mol. The Hall–Kier alpha value is -4.00. The number of aliphatic imine (C=N–C) groups is 1. The number of aliphatic carboxylic acids is 2. The van der Waals surface area contributed by atoms with E-state index in [1.165, 1.54) is 23.0 Å². The second-order valence-corrected chi connectivity index (χ2v) is 12.1. The zero-order valence-electron chi connectivity index (χ0n) is 24.6. The van der Waals surface area contributed by atoms with Gasteiger partial charge in [0.25, 0.3) is 5.91 Å². The van der Waals surface area contributed by atoms with E-state index in [-0.39, 0.29) is 39.3 Å². The number of benzene rings is 1. The number of rotatable bonds is 10. The highest BCUT2D eigenvalue weighted by Crippen LogP contribution is 2.47. The molecule has 0 bridgehead atoms. The molecule has 4 aliphatic rings. The summed E-state index contributed by atoms with van der Waals surface area (Å²) in [6.07, 6.45) is 1.79. The van der Waals surface area contributed by atoms with Gasteiger partial charge in [-0.3, -0.25) is 24.3 Å². The summed E-state index contributed by atoms with van der Waals surface area (Å²) in [4.78, 5) is 66.1. The standard InChI is InChI=1S/C16H16ClN3O4.C12H17N3O4S.2H2O/c17-9-6-7-10-12(15(22)20(10)13(9)16(23)24)19-14(21)11(18)8-4-2-1-3-5-8;1-6(16)9-7-4-8(20-3-2-14-5-13)10(12(18)19)15(7)11(9)17;;/h1-5,10-12H,6-7,18H2,(H,19,21)(H,23,24);5-7,9,16H,2-4H2,1H3,(H2,13,14)(H,18,19);2*1H2/t10-,11-,12+;6-,7-,9-;;/m11../s1. The molecule has 16 nitrogen and oxygen atoms in total. The number of hydrogen-bond acceptors (Lipinski definition) is 9. The molecule has 0 unspecified atom stereocenters. The third-order valence-electron chi connectivity index (χ3n) is 7.81. The number of carboxylic acid groups (broad SMARTS) is 2. The van der Waals surface area contributed by atoms with E-state index in [2.05, 4.69) is 10.3 Å². The Morgan fingerprint density at radius 2 is 1.70 bits per heavy atom. The molecule has 1 aromatic carbocycles. The van der Waals surface area contributed by atoms with Crippen molar-refractivity contribution in [2.45, 2.75) is 56.5 Å². The van der Waals surface area contributed by atoms with E-state index >= 15 is 0 Å². The number of fused-ring (bicyclic) bond motifs is 2. The number of allylic oxidation sites excluding steroid dienone is 1. The molecule has 0 saturated carbocycles. The molecule has 4 aliphatic heterocycles. The Morgan fingerprint density at radius 1 is 1.09 bits per heavy atom. The van der Waals surface area contributed by atoms with E-state index in [1.54, 1.807) is 31.2 Å². The van der Waals surface area contributed by atoms with Crippen LogP contribution >= 0.6 is 23.4 Å². The predicted octanol–water partition coefficient (Wildman–Crippen LogP) is -1.32. The number of thioether (sulfide) groups is 1. The number of hydrogen-bond donors (Lipinski definition) is 6. The normalized spacial score (nSPS) is 24.3. The summed E-state index contributed by atoms with van der Waals surface area (Å²) < 4.78 is 0. The fourth-order valence-electron chi connectivity index (χ4n) is 5.73. The fraction of sp³-hybridized carbons (Fsp3) is 0.429. The molecule has 18 heteroatoms. The van der Waals surface area contributed by atoms with Gasteiger partial charge in [-0.25, -0.2) is 9.59 Å². The minimum atomic E-state index is -1.25. The smallest absolute Gasteiger partial charge is 0.353 e. The van der Waals surface area contributed by atoms with Gasteiger partial charge in [0.15, 0.2) is 0 Å². The molecule has 46 heavy (non-hydrogen) atoms. The van der Waals surface area contributed by atoms with E-state index in [0.717, 1.165) is 4.90 Å². The molecule has 0 radical (unpaired) electrons. The number of carbonyl (C=O) groups is 5. The van der Waals surface area contributed by atoms with Crippen molar-refractivity contribution < 1.29 is 50.2 Å². The lowest BCUT2D eigenvalue weighted by Crippen LogP contribution is -2.72. The van der Waals surface area contributed by atoms with Crippen LogP contribution in [0, 0.1) is 5.92 Å². The third-order valence-corrected chi connectivity index (χ3v) is 9.27. The predicted molar refractivity (Wildman–Crippen MR) is 168 cm³/mol. The Kier molecular flexibility index (Phi) is 13.3. The van der Waals surface area contributed by atoms with Crippen molar-refractivity contribution in [3.05, 3.63) is 57.2 Å². The molecule has 4 heterocycles. The first kappa shape index (κ1) is 38.2. The Labute approximate surface area is 272 Å². The van der Waals surface area contributed by atoms with Crippen LogP contribution in [0.15, 0.2) is 56.7 Å². The topological polar surface area (TPSA) is 292 Å². The summed E-state index contributed by atoms with van der Waals surface area (Å²) in [7, 11) is 0. The molecule has 252 valence electrons. The van der Waals surface area contributed by atoms with Crippen LogP contribution in [0.25, 0.3) is 0 Å². The molecule has 0 aliphatic carbocycles. The number of halogens is 1. The zero-order valence-corrected chi connectivity index (χ0v) is 26.2. The summed E-state index contributed by atoms with van der Waals surface area (Å²) in [6, 6.07) is 6.51. The van der Waals surface area contributed by atoms with Crippen LogP contribution in [0.2, 0.25) is 0 Å². The van der Waals surface area contributed by atoms with Gasteiger partial charge in [-0.05, 0) is 25.3 Å². The highest BCUT2D eigenvalue weighted by atomic mass is 35.5. The molecule has 12 N–H and O–H groups in total. The quantitative estimate of drug-likeness (QED) is 0.0726. The first-order valence-electron chi connectivity index (χ1n) is 13.8. The Morgan fingerprint density at radius 3 is 2.26 bits per heavy atom. The van der Waals surface area contributed by atoms with Crippen LogP contribution in [0.3, 0.4) is 0 Å². The van der Waals surface area contributed by atoms with Crippen LogP contribution in [0.1, 0.15) is 37.8 Å². The SMILES string of the molecule is C[C@@H](O)[C@H]1C(=O)N2C(C(=O)O)=C(SCCN=CN)C[C@H]12.N[C@@H](C(=O)N[C@@H]1C(=O)N2C(C(=O)O)=C(Cl)CC[C@H]12)c1ccccc1.O.O. The van der Waals surface area contributed by atoms with Gasteiger partial charge in [0.1, 0.15) is 23.5 Å². The highest BCUT2D eigenvalue weighted by molar-refractivity contribution is 8.03. The van der Waals surface area contributed by atoms with Gasteiger partial charge < -0.3 is 48.0 Å². The number of β-lactam (4-membered cyclic amide) rings is 2. The van der Waals surface area contributed by atoms with Crippen molar-refractivity contribution >= 4 is 59.4 Å². The van der Waals surface area contributed by atoms with Crippen LogP contribution in [0.5, 0.6) is 0 Å². The van der Waals surface area contributed by atoms with Crippen molar-refractivity contribution in [2.24, 2.45) is 22.4 Å². The number of carboxylic acids is 2. The minimum absolute atomic E-state index is 0. The lowest BCUT2D eigenvalue weighted by molar-refractivity contribution is -0.161. The molecule has 2 saturated heterocycles. The van der Waals surface area contributed by atoms with Crippen molar-refractivity contribution in [1.29, 1.82) is 0 Å². The van der Waals surface area contributed by atoms with E-state index < -0.39 is 53.9 Å². The number of carbonyl (C=O) groups excluding carboxylic acids is 3. The Bertz CT molecular complexity index is 1440. The minimum Gasteiger partial charge on any atom is -0.477 e. The average Bonchev–Trinajstić information content (AvgIpc) is 3.32. The van der Waals surface area contributed by atoms with Gasteiger partial charge in [0.05, 0.1) is 37.0 Å². The third kappa shape index (κ3) is 7.35. The first-order valence-corrected chi connectivity index (χ1v) is 15.1. The van der Waals surface area contributed by atoms with Gasteiger partial charge in [0.2, 0.25) is 11.8 Å².